The van der Waals surface area contributed by atoms with Crippen molar-refractivity contribution in [2.24, 2.45) is 0 Å². The van der Waals surface area contributed by atoms with Crippen molar-refractivity contribution in [2.45, 2.75) is 12.8 Å². The molecule has 0 aliphatic heterocycles. The van der Waals surface area contributed by atoms with Gasteiger partial charge in [0.05, 0.1) is 0 Å². The van der Waals surface area contributed by atoms with E-state index in [1.54, 1.807) is 0 Å². The molecule has 1 aromatic rings. The van der Waals surface area contributed by atoms with E-state index < -0.39 is 23.7 Å². The Hall–Kier alpha value is -1.24. The summed E-state index contributed by atoms with van der Waals surface area (Å²) in [6, 6.07) is 2.14. The third kappa shape index (κ3) is 3.92. The van der Waals surface area contributed by atoms with E-state index in [9.17, 15) is 8.78 Å². The van der Waals surface area contributed by atoms with Crippen LogP contribution in [0.15, 0.2) is 12.1 Å². The number of nitrogens with one attached hydrogen (secondary N) is 1. The predicted molar refractivity (Wildman–Crippen MR) is 57.5 cm³/mol. The molecule has 1 rings (SSSR count). The number of hydrogen-bond acceptors (Lipinski definition) is 4. The second kappa shape index (κ2) is 6.48. The van der Waals surface area contributed by atoms with Crippen LogP contribution >= 0.6 is 0 Å². The first-order valence-electron chi connectivity index (χ1n) is 5.01. The molecule has 0 amide bonds. The largest absolute Gasteiger partial charge is 0.503 e. The minimum absolute atomic E-state index is 0.247. The summed E-state index contributed by atoms with van der Waals surface area (Å²) >= 11 is 0. The quantitative estimate of drug-likeness (QED) is 0.746. The fourth-order valence-electron chi connectivity index (χ4n) is 1.32. The number of halogens is 2. The van der Waals surface area contributed by atoms with Gasteiger partial charge < -0.3 is 19.9 Å². The zero-order chi connectivity index (χ0) is 12.8. The van der Waals surface area contributed by atoms with Crippen LogP contribution < -0.4 is 5.32 Å². The highest BCUT2D eigenvalue weighted by Gasteiger charge is 2.10. The average Bonchev–Trinajstić information content (AvgIpc) is 2.31. The van der Waals surface area contributed by atoms with E-state index in [-0.39, 0.29) is 6.54 Å². The highest BCUT2D eigenvalue weighted by atomic mass is 19.1. The molecule has 1 aromatic carbocycles. The molecule has 4 nitrogen and oxygen atoms in total. The van der Waals surface area contributed by atoms with Crippen LogP contribution in [0.4, 0.5) is 8.78 Å². The van der Waals surface area contributed by atoms with Crippen LogP contribution in [-0.2, 0) is 16.0 Å². The lowest BCUT2D eigenvalue weighted by molar-refractivity contribution is -0.0989. The van der Waals surface area contributed by atoms with Crippen molar-refractivity contribution < 1.29 is 23.4 Å². The highest BCUT2D eigenvalue weighted by Crippen LogP contribution is 2.21. The fourth-order valence-corrected chi connectivity index (χ4v) is 1.32. The molecular weight excluding hydrogens is 232 g/mol. The molecule has 0 spiro atoms. The number of ether oxygens (including phenoxy) is 2. The van der Waals surface area contributed by atoms with Gasteiger partial charge in [0.25, 0.3) is 0 Å². The van der Waals surface area contributed by atoms with Crippen molar-refractivity contribution in [1.82, 2.24) is 5.32 Å². The molecule has 0 saturated carbocycles. The molecule has 0 bridgehead atoms. The summed E-state index contributed by atoms with van der Waals surface area (Å²) < 4.78 is 35.8. The summed E-state index contributed by atoms with van der Waals surface area (Å²) in [5, 5.41) is 11.8. The lowest BCUT2D eigenvalue weighted by Gasteiger charge is -2.14. The average molecular weight is 247 g/mol. The number of aromatic hydroxyl groups is 1. The van der Waals surface area contributed by atoms with Gasteiger partial charge in [-0.3, -0.25) is 0 Å². The van der Waals surface area contributed by atoms with E-state index >= 15 is 0 Å². The first kappa shape index (κ1) is 13.8. The van der Waals surface area contributed by atoms with Gasteiger partial charge in [0.15, 0.2) is 23.7 Å². The Labute approximate surface area is 98.2 Å². The topological polar surface area (TPSA) is 50.7 Å². The normalized spacial score (nSPS) is 11.1. The number of hydrogen-bond donors (Lipinski definition) is 2. The molecule has 0 aromatic heterocycles. The molecule has 17 heavy (non-hydrogen) atoms. The number of rotatable bonds is 6. The molecule has 0 radical (unpaired) electrons. The SMILES string of the molecule is COC(CNCc1cc(F)c(O)c(F)c1)OC. The lowest BCUT2D eigenvalue weighted by Crippen LogP contribution is -2.29. The first-order chi connectivity index (χ1) is 8.08. The van der Waals surface area contributed by atoms with Gasteiger partial charge in [-0.2, -0.15) is 0 Å². The standard InChI is InChI=1S/C11H15F2NO3/c1-16-10(17-2)6-14-5-7-3-8(12)11(15)9(13)4-7/h3-4,10,14-15H,5-6H2,1-2H3. The molecule has 0 saturated heterocycles. The smallest absolute Gasteiger partial charge is 0.187 e. The zero-order valence-electron chi connectivity index (χ0n) is 9.67. The molecule has 6 heteroatoms. The van der Waals surface area contributed by atoms with E-state index in [2.05, 4.69) is 5.32 Å². The van der Waals surface area contributed by atoms with Crippen LogP contribution in [0.5, 0.6) is 5.75 Å². The predicted octanol–water partition coefficient (Wildman–Crippen LogP) is 1.38. The second-order valence-electron chi connectivity index (χ2n) is 3.44. The molecule has 96 valence electrons. The maximum atomic E-state index is 13.0. The fraction of sp³-hybridized carbons (Fsp3) is 0.455. The van der Waals surface area contributed by atoms with E-state index in [4.69, 9.17) is 14.6 Å². The number of phenols is 1. The van der Waals surface area contributed by atoms with Gasteiger partial charge in [0.2, 0.25) is 0 Å². The summed E-state index contributed by atoms with van der Waals surface area (Å²) in [6.45, 7) is 0.633. The van der Waals surface area contributed by atoms with Crippen LogP contribution in [0.25, 0.3) is 0 Å². The van der Waals surface area contributed by atoms with Gasteiger partial charge in [-0.05, 0) is 17.7 Å². The van der Waals surface area contributed by atoms with Crippen molar-refractivity contribution in [3.05, 3.63) is 29.3 Å². The van der Waals surface area contributed by atoms with Gasteiger partial charge in [0, 0.05) is 27.3 Å². The highest BCUT2D eigenvalue weighted by molar-refractivity contribution is 5.29. The molecular formula is C11H15F2NO3. The van der Waals surface area contributed by atoms with Crippen molar-refractivity contribution in [3.8, 4) is 5.75 Å². The van der Waals surface area contributed by atoms with Crippen LogP contribution in [0.1, 0.15) is 5.56 Å². The molecule has 0 aliphatic carbocycles. The molecule has 2 N–H and O–H groups in total. The van der Waals surface area contributed by atoms with Crippen molar-refractivity contribution >= 4 is 0 Å². The van der Waals surface area contributed by atoms with Gasteiger partial charge in [-0.1, -0.05) is 0 Å². The Morgan fingerprint density at radius 1 is 1.24 bits per heavy atom. The first-order valence-corrected chi connectivity index (χ1v) is 5.01. The lowest BCUT2D eigenvalue weighted by atomic mass is 10.2. The zero-order valence-corrected chi connectivity index (χ0v) is 9.67. The van der Waals surface area contributed by atoms with Crippen molar-refractivity contribution in [2.75, 3.05) is 20.8 Å². The van der Waals surface area contributed by atoms with Gasteiger partial charge in [0.1, 0.15) is 0 Å². The minimum Gasteiger partial charge on any atom is -0.503 e. The van der Waals surface area contributed by atoms with Gasteiger partial charge in [-0.25, -0.2) is 8.78 Å². The van der Waals surface area contributed by atoms with E-state index in [0.29, 0.717) is 12.1 Å². The monoisotopic (exact) mass is 247 g/mol. The van der Waals surface area contributed by atoms with E-state index in [1.807, 2.05) is 0 Å². The molecule has 0 atom stereocenters. The van der Waals surface area contributed by atoms with Gasteiger partial charge >= 0.3 is 0 Å². The Balaban J connectivity index is 2.52. The second-order valence-corrected chi connectivity index (χ2v) is 3.44. The third-order valence-corrected chi connectivity index (χ3v) is 2.24. The molecule has 0 aliphatic rings. The number of methoxy groups -OCH3 is 2. The Bertz CT molecular complexity index is 347. The molecule has 0 heterocycles. The summed E-state index contributed by atoms with van der Waals surface area (Å²) in [6.07, 6.45) is -0.415. The maximum absolute atomic E-state index is 13.0. The van der Waals surface area contributed by atoms with Crippen LogP contribution in [0.2, 0.25) is 0 Å². The van der Waals surface area contributed by atoms with E-state index in [1.165, 1.54) is 14.2 Å². The Kier molecular flexibility index (Phi) is 5.27. The summed E-state index contributed by atoms with van der Waals surface area (Å²) in [5.74, 6) is -2.91. The van der Waals surface area contributed by atoms with E-state index in [0.717, 1.165) is 12.1 Å². The number of phenolic OH excluding ortho intramolecular Hbond substituents is 1. The summed E-state index contributed by atoms with van der Waals surface area (Å²) in [7, 11) is 2.99. The number of benzene rings is 1. The third-order valence-electron chi connectivity index (χ3n) is 2.24. The molecule has 0 fully saturated rings. The van der Waals surface area contributed by atoms with Crippen molar-refractivity contribution in [3.63, 3.8) is 0 Å². The van der Waals surface area contributed by atoms with Crippen molar-refractivity contribution in [1.29, 1.82) is 0 Å². The Morgan fingerprint density at radius 2 is 1.76 bits per heavy atom. The minimum atomic E-state index is -0.975. The maximum Gasteiger partial charge on any atom is 0.187 e. The van der Waals surface area contributed by atoms with Crippen LogP contribution in [0.3, 0.4) is 0 Å². The molecule has 0 unspecified atom stereocenters. The summed E-state index contributed by atoms with van der Waals surface area (Å²) in [4.78, 5) is 0. The Morgan fingerprint density at radius 3 is 2.24 bits per heavy atom. The van der Waals surface area contributed by atoms with Gasteiger partial charge in [-0.15, -0.1) is 0 Å². The summed E-state index contributed by atoms with van der Waals surface area (Å²) in [5.41, 5.74) is 0.392. The van der Waals surface area contributed by atoms with Crippen LogP contribution in [0, 0.1) is 11.6 Å². The van der Waals surface area contributed by atoms with Crippen LogP contribution in [-0.4, -0.2) is 32.2 Å².